The van der Waals surface area contributed by atoms with Gasteiger partial charge in [-0.3, -0.25) is 14.6 Å². The second-order valence-corrected chi connectivity index (χ2v) is 5.84. The lowest BCUT2D eigenvalue weighted by molar-refractivity contribution is 0.102. The number of para-hydroxylation sites is 1. The molecular weight excluding hydrogens is 352 g/mol. The summed E-state index contributed by atoms with van der Waals surface area (Å²) in [6.45, 7) is 1.89. The predicted molar refractivity (Wildman–Crippen MR) is 97.7 cm³/mol. The summed E-state index contributed by atoms with van der Waals surface area (Å²) in [5.74, 6) is -3.04. The molecule has 0 radical (unpaired) electrons. The van der Waals surface area contributed by atoms with Crippen LogP contribution in [0.1, 0.15) is 26.3 Å². The van der Waals surface area contributed by atoms with Gasteiger partial charge in [-0.1, -0.05) is 18.2 Å². The van der Waals surface area contributed by atoms with Gasteiger partial charge in [0, 0.05) is 18.1 Å². The summed E-state index contributed by atoms with van der Waals surface area (Å²) in [6.07, 6.45) is 2.50. The van der Waals surface area contributed by atoms with Crippen molar-refractivity contribution in [3.8, 4) is 0 Å². The predicted octanol–water partition coefficient (Wildman–Crippen LogP) is 4.17. The van der Waals surface area contributed by atoms with Crippen molar-refractivity contribution >= 4 is 23.2 Å². The maximum absolute atomic E-state index is 13.7. The molecule has 0 bridgehead atoms. The quantitative estimate of drug-likeness (QED) is 0.727. The molecule has 2 aromatic carbocycles. The highest BCUT2D eigenvalue weighted by molar-refractivity contribution is 6.08. The minimum Gasteiger partial charge on any atom is -0.322 e. The second kappa shape index (κ2) is 7.74. The van der Waals surface area contributed by atoms with Crippen molar-refractivity contribution in [2.75, 3.05) is 10.6 Å². The second-order valence-electron chi connectivity index (χ2n) is 5.84. The molecule has 0 saturated heterocycles. The smallest absolute Gasteiger partial charge is 0.257 e. The van der Waals surface area contributed by atoms with E-state index >= 15 is 0 Å². The maximum Gasteiger partial charge on any atom is 0.257 e. The molecule has 27 heavy (non-hydrogen) atoms. The Kier molecular flexibility index (Phi) is 5.21. The first-order valence-corrected chi connectivity index (χ1v) is 8.02. The molecule has 0 fully saturated rings. The van der Waals surface area contributed by atoms with Crippen LogP contribution in [0.15, 0.2) is 60.9 Å². The molecule has 0 spiro atoms. The standard InChI is InChI=1S/C20H15F2N3O2/c1-12-4-2-5-15(8-12)24-19(26)13-9-14(11-23-10-13)20(27)25-18-16(21)6-3-7-17(18)22/h2-11H,1H3,(H,24,26)(H,25,27). The number of benzene rings is 2. The average Bonchev–Trinajstić information content (AvgIpc) is 2.65. The summed E-state index contributed by atoms with van der Waals surface area (Å²) in [5, 5.41) is 4.86. The fourth-order valence-corrected chi connectivity index (χ4v) is 2.42. The number of anilines is 2. The summed E-state index contributed by atoms with van der Waals surface area (Å²) >= 11 is 0. The van der Waals surface area contributed by atoms with Gasteiger partial charge in [0.25, 0.3) is 11.8 Å². The van der Waals surface area contributed by atoms with Crippen LogP contribution in [-0.4, -0.2) is 16.8 Å². The van der Waals surface area contributed by atoms with Gasteiger partial charge in [0.1, 0.15) is 17.3 Å². The van der Waals surface area contributed by atoms with E-state index < -0.39 is 29.1 Å². The molecule has 3 rings (SSSR count). The van der Waals surface area contributed by atoms with E-state index in [0.717, 1.165) is 17.7 Å². The Labute approximate surface area is 154 Å². The molecule has 0 saturated carbocycles. The molecule has 0 aliphatic rings. The molecule has 0 aliphatic heterocycles. The lowest BCUT2D eigenvalue weighted by Gasteiger charge is -2.09. The highest BCUT2D eigenvalue weighted by atomic mass is 19.1. The molecule has 3 aromatic rings. The molecule has 0 aliphatic carbocycles. The van der Waals surface area contributed by atoms with Gasteiger partial charge >= 0.3 is 0 Å². The van der Waals surface area contributed by atoms with Crippen LogP contribution in [0.5, 0.6) is 0 Å². The third kappa shape index (κ3) is 4.33. The number of hydrogen-bond donors (Lipinski definition) is 2. The van der Waals surface area contributed by atoms with E-state index in [2.05, 4.69) is 15.6 Å². The SMILES string of the molecule is Cc1cccc(NC(=O)c2cncc(C(=O)Nc3c(F)cccc3F)c2)c1. The summed E-state index contributed by atoms with van der Waals surface area (Å²) in [5.41, 5.74) is 1.15. The van der Waals surface area contributed by atoms with Crippen molar-refractivity contribution in [2.45, 2.75) is 6.92 Å². The Morgan fingerprint density at radius 3 is 2.07 bits per heavy atom. The lowest BCUT2D eigenvalue weighted by Crippen LogP contribution is -2.17. The number of pyridine rings is 1. The van der Waals surface area contributed by atoms with E-state index in [4.69, 9.17) is 0 Å². The van der Waals surface area contributed by atoms with Crippen LogP contribution in [0, 0.1) is 18.6 Å². The molecule has 7 heteroatoms. The Bertz CT molecular complexity index is 1000. The van der Waals surface area contributed by atoms with Crippen molar-refractivity contribution in [3.63, 3.8) is 0 Å². The summed E-state index contributed by atoms with van der Waals surface area (Å²) in [6, 6.07) is 11.8. The van der Waals surface area contributed by atoms with E-state index in [1.807, 2.05) is 13.0 Å². The van der Waals surface area contributed by atoms with Gasteiger partial charge in [-0.15, -0.1) is 0 Å². The van der Waals surface area contributed by atoms with Crippen LogP contribution in [0.3, 0.4) is 0 Å². The monoisotopic (exact) mass is 367 g/mol. The topological polar surface area (TPSA) is 71.1 Å². The van der Waals surface area contributed by atoms with Crippen LogP contribution >= 0.6 is 0 Å². The molecule has 5 nitrogen and oxygen atoms in total. The Morgan fingerprint density at radius 1 is 0.852 bits per heavy atom. The first kappa shape index (κ1) is 18.2. The summed E-state index contributed by atoms with van der Waals surface area (Å²) in [4.78, 5) is 28.5. The van der Waals surface area contributed by atoms with Crippen LogP contribution in [0.2, 0.25) is 0 Å². The molecule has 1 aromatic heterocycles. The molecule has 136 valence electrons. The third-order valence-corrected chi connectivity index (χ3v) is 3.74. The summed E-state index contributed by atoms with van der Waals surface area (Å²) < 4.78 is 27.3. The van der Waals surface area contributed by atoms with Gasteiger partial charge in [0.2, 0.25) is 0 Å². The number of halogens is 2. The van der Waals surface area contributed by atoms with Gasteiger partial charge in [-0.25, -0.2) is 8.78 Å². The van der Waals surface area contributed by atoms with Gasteiger partial charge < -0.3 is 10.6 Å². The fourth-order valence-electron chi connectivity index (χ4n) is 2.42. The minimum absolute atomic E-state index is 0.00505. The number of rotatable bonds is 4. The largest absolute Gasteiger partial charge is 0.322 e. The number of nitrogens with one attached hydrogen (secondary N) is 2. The number of carbonyl (C=O) groups excluding carboxylic acids is 2. The van der Waals surface area contributed by atoms with Crippen LogP contribution < -0.4 is 10.6 Å². The number of aromatic nitrogens is 1. The number of hydrogen-bond acceptors (Lipinski definition) is 3. The first-order valence-electron chi connectivity index (χ1n) is 8.02. The number of carbonyl (C=O) groups is 2. The van der Waals surface area contributed by atoms with Crippen molar-refractivity contribution < 1.29 is 18.4 Å². The molecule has 0 unspecified atom stereocenters. The van der Waals surface area contributed by atoms with Crippen LogP contribution in [0.25, 0.3) is 0 Å². The van der Waals surface area contributed by atoms with Gasteiger partial charge in [0.15, 0.2) is 0 Å². The maximum atomic E-state index is 13.7. The normalized spacial score (nSPS) is 10.3. The van der Waals surface area contributed by atoms with Crippen molar-refractivity contribution in [1.29, 1.82) is 0 Å². The number of nitrogens with zero attached hydrogens (tertiary/aromatic N) is 1. The Morgan fingerprint density at radius 2 is 1.44 bits per heavy atom. The fraction of sp³-hybridized carbons (Fsp3) is 0.0500. The molecule has 0 atom stereocenters. The van der Waals surface area contributed by atoms with Gasteiger partial charge in [0.05, 0.1) is 11.1 Å². The van der Waals surface area contributed by atoms with E-state index in [9.17, 15) is 18.4 Å². The first-order chi connectivity index (χ1) is 12.9. The molecule has 2 N–H and O–H groups in total. The Hall–Kier alpha value is -3.61. The van der Waals surface area contributed by atoms with E-state index in [1.165, 1.54) is 24.5 Å². The van der Waals surface area contributed by atoms with Crippen molar-refractivity contribution in [2.24, 2.45) is 0 Å². The third-order valence-electron chi connectivity index (χ3n) is 3.74. The Balaban J connectivity index is 1.78. The van der Waals surface area contributed by atoms with Crippen molar-refractivity contribution in [1.82, 2.24) is 4.98 Å². The van der Waals surface area contributed by atoms with Gasteiger partial charge in [-0.05, 0) is 42.8 Å². The van der Waals surface area contributed by atoms with E-state index in [0.29, 0.717) is 5.69 Å². The lowest BCUT2D eigenvalue weighted by atomic mass is 10.1. The highest BCUT2D eigenvalue weighted by Crippen LogP contribution is 2.19. The van der Waals surface area contributed by atoms with Crippen LogP contribution in [-0.2, 0) is 0 Å². The number of amides is 2. The molecule has 1 heterocycles. The number of aryl methyl sites for hydroxylation is 1. The summed E-state index contributed by atoms with van der Waals surface area (Å²) in [7, 11) is 0. The minimum atomic E-state index is -0.898. The molecular formula is C20H15F2N3O2. The van der Waals surface area contributed by atoms with E-state index in [1.54, 1.807) is 18.2 Å². The van der Waals surface area contributed by atoms with E-state index in [-0.39, 0.29) is 11.1 Å². The van der Waals surface area contributed by atoms with Crippen LogP contribution in [0.4, 0.5) is 20.2 Å². The average molecular weight is 367 g/mol. The highest BCUT2D eigenvalue weighted by Gasteiger charge is 2.15. The zero-order valence-corrected chi connectivity index (χ0v) is 14.3. The van der Waals surface area contributed by atoms with Gasteiger partial charge in [-0.2, -0.15) is 0 Å². The zero-order chi connectivity index (χ0) is 19.4. The van der Waals surface area contributed by atoms with Crippen molar-refractivity contribution in [3.05, 3.63) is 89.2 Å². The molecule has 2 amide bonds. The zero-order valence-electron chi connectivity index (χ0n) is 14.3.